The molecule has 0 saturated carbocycles. The van der Waals surface area contributed by atoms with Crippen molar-refractivity contribution in [1.82, 2.24) is 69.2 Å². The lowest BCUT2D eigenvalue weighted by atomic mass is 9.97. The monoisotopic (exact) mass is 856 g/mol. The van der Waals surface area contributed by atoms with Crippen molar-refractivity contribution in [3.05, 3.63) is 58.9 Å². The van der Waals surface area contributed by atoms with Crippen molar-refractivity contribution in [2.24, 2.45) is 11.8 Å². The summed E-state index contributed by atoms with van der Waals surface area (Å²) in [5.41, 5.74) is 2.79. The van der Waals surface area contributed by atoms with E-state index in [0.717, 1.165) is 113 Å². The van der Waals surface area contributed by atoms with Gasteiger partial charge < -0.3 is 29.6 Å². The maximum absolute atomic E-state index is 12.8. The van der Waals surface area contributed by atoms with Crippen LogP contribution >= 0.6 is 23.2 Å². The van der Waals surface area contributed by atoms with E-state index >= 15 is 0 Å². The summed E-state index contributed by atoms with van der Waals surface area (Å²) in [6.07, 6.45) is 18.6. The van der Waals surface area contributed by atoms with Crippen molar-refractivity contribution in [3.8, 4) is 0 Å². The molecule has 0 aliphatic carbocycles. The highest BCUT2D eigenvalue weighted by atomic mass is 35.5. The smallest absolute Gasteiger partial charge is 0.227 e. The third kappa shape index (κ3) is 8.48. The maximum atomic E-state index is 12.8. The number of hydrogen-bond acceptors (Lipinski definition) is 12. The average molecular weight is 858 g/mol. The molecule has 6 aromatic heterocycles. The van der Waals surface area contributed by atoms with Gasteiger partial charge in [0.25, 0.3) is 0 Å². The third-order valence-corrected chi connectivity index (χ3v) is 12.5. The minimum Gasteiger partial charge on any atom is -0.342 e. The Morgan fingerprint density at radius 2 is 1.02 bits per heavy atom. The second-order valence-corrected chi connectivity index (χ2v) is 17.2. The number of fused-ring (bicyclic) bond motifs is 2. The fourth-order valence-corrected chi connectivity index (χ4v) is 9.04. The van der Waals surface area contributed by atoms with E-state index in [1.165, 1.54) is 0 Å². The van der Waals surface area contributed by atoms with Gasteiger partial charge in [-0.3, -0.25) is 19.0 Å². The highest BCUT2D eigenvalue weighted by Gasteiger charge is 2.33. The molecule has 2 N–H and O–H groups in total. The minimum absolute atomic E-state index is 0.0236. The van der Waals surface area contributed by atoms with Gasteiger partial charge >= 0.3 is 0 Å². The lowest BCUT2D eigenvalue weighted by Crippen LogP contribution is -2.44. The van der Waals surface area contributed by atoms with Gasteiger partial charge in [-0.1, -0.05) is 23.2 Å². The first kappa shape index (κ1) is 40.1. The molecule has 0 radical (unpaired) electrons. The largest absolute Gasteiger partial charge is 0.342 e. The number of imidazole rings is 2. The number of anilines is 2. The summed E-state index contributed by atoms with van der Waals surface area (Å²) in [6, 6.07) is -0.208. The van der Waals surface area contributed by atoms with Crippen LogP contribution in [0, 0.1) is 11.8 Å². The number of nitrogens with one attached hydrogen (secondary N) is 2. The van der Waals surface area contributed by atoms with Crippen LogP contribution < -0.4 is 9.80 Å². The van der Waals surface area contributed by atoms with Gasteiger partial charge in [0, 0.05) is 64.8 Å². The second kappa shape index (κ2) is 17.3. The average Bonchev–Trinajstić information content (AvgIpc) is 4.14. The van der Waals surface area contributed by atoms with Gasteiger partial charge in [0.05, 0.1) is 46.7 Å². The molecule has 2 amide bonds. The molecule has 316 valence electrons. The van der Waals surface area contributed by atoms with Crippen LogP contribution in [0.3, 0.4) is 0 Å². The molecule has 10 heterocycles. The zero-order chi connectivity index (χ0) is 41.3. The number of aromatic nitrogens is 12. The van der Waals surface area contributed by atoms with Crippen LogP contribution in [0.25, 0.3) is 22.3 Å². The fraction of sp³-hybridized carbons (Fsp3) is 0.550. The van der Waals surface area contributed by atoms with Crippen LogP contribution in [0.15, 0.2) is 37.2 Å². The molecule has 4 fully saturated rings. The number of carbonyl (C=O) groups is 2. The molecule has 4 aliphatic rings. The van der Waals surface area contributed by atoms with Gasteiger partial charge in [-0.25, -0.2) is 19.9 Å². The first-order chi connectivity index (χ1) is 29.2. The maximum Gasteiger partial charge on any atom is 0.227 e. The number of piperidine rings is 2. The first-order valence-electron chi connectivity index (χ1n) is 21.1. The number of H-pyrrole nitrogens is 2. The van der Waals surface area contributed by atoms with Crippen LogP contribution in [0.2, 0.25) is 10.0 Å². The van der Waals surface area contributed by atoms with Gasteiger partial charge in [-0.2, -0.15) is 20.2 Å². The van der Waals surface area contributed by atoms with Crippen molar-refractivity contribution < 1.29 is 9.59 Å². The minimum atomic E-state index is -0.104. The molecule has 4 aliphatic heterocycles. The molecule has 0 aromatic carbocycles. The van der Waals surface area contributed by atoms with Crippen LogP contribution in [0.1, 0.15) is 88.9 Å². The molecule has 0 unspecified atom stereocenters. The van der Waals surface area contributed by atoms with Crippen LogP contribution in [-0.2, 0) is 9.59 Å². The van der Waals surface area contributed by atoms with E-state index in [-0.39, 0.29) is 35.7 Å². The van der Waals surface area contributed by atoms with Gasteiger partial charge in [-0.05, 0) is 65.2 Å². The van der Waals surface area contributed by atoms with E-state index < -0.39 is 0 Å². The molecule has 20 heteroatoms. The Balaban J connectivity index is 0.000000154. The van der Waals surface area contributed by atoms with Crippen molar-refractivity contribution in [1.29, 1.82) is 0 Å². The number of carbonyl (C=O) groups excluding carboxylic acids is 2. The summed E-state index contributed by atoms with van der Waals surface area (Å²) in [7, 11) is 0. The molecule has 6 aromatic rings. The third-order valence-electron chi connectivity index (χ3n) is 12.2. The molecule has 0 spiro atoms. The van der Waals surface area contributed by atoms with Crippen molar-refractivity contribution in [2.45, 2.75) is 77.3 Å². The van der Waals surface area contributed by atoms with E-state index in [9.17, 15) is 9.59 Å². The summed E-state index contributed by atoms with van der Waals surface area (Å²) in [6.45, 7) is 10.6. The number of halogens is 2. The van der Waals surface area contributed by atoms with Crippen molar-refractivity contribution >= 4 is 69.2 Å². The SMILES string of the molecule is C[C@@H](c1nc2nc(N3CCC[C@@H](C(=O)N4CCCC4)C3)ncc2[nH]1)n1cc(Cl)cn1.C[C@H](c1nc2nc(N3CCC[C@@H](C(=O)N4CCCC4)C3)ncc2[nH]1)n1cc(Cl)cn1. The standard InChI is InChI=1S/2C20H25ClN8O/c2*1-13(29-12-15(21)9-23-29)17-24-16-10-22-20(26-18(16)25-17)28-8-4-5-14(11-28)19(30)27-6-2-3-7-27/h2*9-10,12-14H,2-8,11H2,1H3,(H,22,24,25,26)/t13-,14+;13-,14-/m01/s1. The highest BCUT2D eigenvalue weighted by molar-refractivity contribution is 6.30. The van der Waals surface area contributed by atoms with Crippen molar-refractivity contribution in [3.63, 3.8) is 0 Å². The Hall–Kier alpha value is -5.36. The number of hydrogen-bond donors (Lipinski definition) is 2. The summed E-state index contributed by atoms with van der Waals surface area (Å²) in [4.78, 5) is 68.3. The number of rotatable bonds is 8. The Bertz CT molecular complexity index is 2280. The number of nitrogens with zero attached hydrogens (tertiary/aromatic N) is 14. The van der Waals surface area contributed by atoms with Crippen LogP contribution in [0.5, 0.6) is 0 Å². The molecule has 0 bridgehead atoms. The van der Waals surface area contributed by atoms with Crippen LogP contribution in [0.4, 0.5) is 11.9 Å². The van der Waals surface area contributed by atoms with E-state index in [0.29, 0.717) is 46.3 Å². The quantitative estimate of drug-likeness (QED) is 0.201. The molecular formula is C40H50Cl2N16O2. The number of aromatic amines is 2. The van der Waals surface area contributed by atoms with Crippen molar-refractivity contribution in [2.75, 3.05) is 62.2 Å². The molecule has 10 rings (SSSR count). The fourth-order valence-electron chi connectivity index (χ4n) is 8.75. The van der Waals surface area contributed by atoms with E-state index in [4.69, 9.17) is 23.2 Å². The topological polar surface area (TPSA) is 192 Å². The highest BCUT2D eigenvalue weighted by Crippen LogP contribution is 2.28. The molecular weight excluding hydrogens is 807 g/mol. The lowest BCUT2D eigenvalue weighted by molar-refractivity contribution is -0.135. The molecule has 60 heavy (non-hydrogen) atoms. The predicted molar refractivity (Wildman–Crippen MR) is 227 cm³/mol. The van der Waals surface area contributed by atoms with Crippen LogP contribution in [-0.4, -0.2) is 133 Å². The summed E-state index contributed by atoms with van der Waals surface area (Å²) in [5.74, 6) is 3.38. The van der Waals surface area contributed by atoms with Gasteiger partial charge in [-0.15, -0.1) is 0 Å². The molecule has 18 nitrogen and oxygen atoms in total. The van der Waals surface area contributed by atoms with E-state index in [2.05, 4.69) is 59.9 Å². The zero-order valence-electron chi connectivity index (χ0n) is 33.9. The number of amides is 2. The molecule has 4 saturated heterocycles. The Morgan fingerprint density at radius 3 is 1.40 bits per heavy atom. The molecule has 4 atom stereocenters. The first-order valence-corrected chi connectivity index (χ1v) is 21.8. The summed E-state index contributed by atoms with van der Waals surface area (Å²) < 4.78 is 3.52. The predicted octanol–water partition coefficient (Wildman–Crippen LogP) is 5.30. The normalized spacial score (nSPS) is 20.8. The van der Waals surface area contributed by atoms with Gasteiger partial charge in [0.15, 0.2) is 11.3 Å². The summed E-state index contributed by atoms with van der Waals surface area (Å²) in [5, 5.41) is 9.68. The number of likely N-dealkylation sites (tertiary alicyclic amines) is 2. The lowest BCUT2D eigenvalue weighted by Gasteiger charge is -2.33. The van der Waals surface area contributed by atoms with Gasteiger partial charge in [0.1, 0.15) is 34.8 Å². The zero-order valence-corrected chi connectivity index (χ0v) is 35.4. The summed E-state index contributed by atoms with van der Waals surface area (Å²) >= 11 is 12.0. The Kier molecular flexibility index (Phi) is 11.6. The Labute approximate surface area is 357 Å². The van der Waals surface area contributed by atoms with E-state index in [1.54, 1.807) is 46.5 Å². The Morgan fingerprint density at radius 1 is 0.600 bits per heavy atom. The van der Waals surface area contributed by atoms with E-state index in [1.807, 2.05) is 23.6 Å². The van der Waals surface area contributed by atoms with Gasteiger partial charge in [0.2, 0.25) is 23.7 Å². The second-order valence-electron chi connectivity index (χ2n) is 16.3.